The number of carboxylic acid groups (broad SMARTS) is 1. The number of aromatic carboxylic acids is 1. The molecule has 5 heteroatoms. The minimum atomic E-state index is -1.03. The molecule has 0 aromatic heterocycles. The van der Waals surface area contributed by atoms with Crippen LogP contribution in [0, 0.1) is 0 Å². The van der Waals surface area contributed by atoms with Crippen molar-refractivity contribution >= 4 is 21.9 Å². The molecule has 1 N–H and O–H groups in total. The molecule has 0 aliphatic heterocycles. The first kappa shape index (κ1) is 15.5. The van der Waals surface area contributed by atoms with Gasteiger partial charge in [-0.05, 0) is 52.2 Å². The standard InChI is InChI=1S/C16H15BrO4/c1-20-10-9-11-5-7-12(8-6-11)21-14-4-2-3-13(17)15(14)16(18)19/h2-8H,9-10H2,1H3,(H,18,19). The third kappa shape index (κ3) is 4.06. The molecule has 0 spiro atoms. The van der Waals surface area contributed by atoms with E-state index in [9.17, 15) is 9.90 Å². The van der Waals surface area contributed by atoms with Gasteiger partial charge in [-0.2, -0.15) is 0 Å². The molecule has 2 aromatic carbocycles. The highest BCUT2D eigenvalue weighted by Gasteiger charge is 2.15. The zero-order chi connectivity index (χ0) is 15.2. The SMILES string of the molecule is COCCc1ccc(Oc2cccc(Br)c2C(=O)O)cc1. The largest absolute Gasteiger partial charge is 0.478 e. The molecule has 0 aliphatic rings. The second-order valence-corrected chi connectivity index (χ2v) is 5.26. The lowest BCUT2D eigenvalue weighted by Crippen LogP contribution is -2.01. The first-order valence-electron chi connectivity index (χ1n) is 6.39. The van der Waals surface area contributed by atoms with Crippen LogP contribution in [0.2, 0.25) is 0 Å². The molecule has 0 saturated heterocycles. The summed E-state index contributed by atoms with van der Waals surface area (Å²) in [4.78, 5) is 11.3. The molecule has 0 atom stereocenters. The normalized spacial score (nSPS) is 10.4. The zero-order valence-corrected chi connectivity index (χ0v) is 13.1. The van der Waals surface area contributed by atoms with Crippen LogP contribution < -0.4 is 4.74 Å². The number of carboxylic acids is 1. The van der Waals surface area contributed by atoms with Gasteiger partial charge in [0, 0.05) is 11.6 Å². The molecule has 21 heavy (non-hydrogen) atoms. The maximum atomic E-state index is 11.3. The number of ether oxygens (including phenoxy) is 2. The van der Waals surface area contributed by atoms with Gasteiger partial charge in [0.15, 0.2) is 0 Å². The average molecular weight is 351 g/mol. The van der Waals surface area contributed by atoms with Crippen LogP contribution in [-0.4, -0.2) is 24.8 Å². The quantitative estimate of drug-likeness (QED) is 0.850. The van der Waals surface area contributed by atoms with Gasteiger partial charge >= 0.3 is 5.97 Å². The van der Waals surface area contributed by atoms with Crippen LogP contribution in [0.5, 0.6) is 11.5 Å². The predicted molar refractivity (Wildman–Crippen MR) is 83.2 cm³/mol. The van der Waals surface area contributed by atoms with E-state index in [1.807, 2.05) is 24.3 Å². The summed E-state index contributed by atoms with van der Waals surface area (Å²) in [5, 5.41) is 9.24. The van der Waals surface area contributed by atoms with E-state index >= 15 is 0 Å². The number of carbonyl (C=O) groups is 1. The van der Waals surface area contributed by atoms with Crippen LogP contribution in [0.15, 0.2) is 46.9 Å². The third-order valence-electron chi connectivity index (χ3n) is 2.94. The van der Waals surface area contributed by atoms with Crippen LogP contribution in [-0.2, 0) is 11.2 Å². The maximum absolute atomic E-state index is 11.3. The van der Waals surface area contributed by atoms with E-state index in [2.05, 4.69) is 15.9 Å². The predicted octanol–water partition coefficient (Wildman–Crippen LogP) is 4.13. The molecule has 2 aromatic rings. The molecular weight excluding hydrogens is 336 g/mol. The van der Waals surface area contributed by atoms with Crippen LogP contribution in [0.1, 0.15) is 15.9 Å². The fourth-order valence-electron chi connectivity index (χ4n) is 1.87. The molecule has 0 unspecified atom stereocenters. The van der Waals surface area contributed by atoms with Crippen LogP contribution in [0.3, 0.4) is 0 Å². The lowest BCUT2D eigenvalue weighted by Gasteiger charge is -2.10. The van der Waals surface area contributed by atoms with Gasteiger partial charge in [-0.15, -0.1) is 0 Å². The van der Waals surface area contributed by atoms with E-state index in [1.165, 1.54) is 0 Å². The lowest BCUT2D eigenvalue weighted by molar-refractivity contribution is 0.0693. The molecule has 2 rings (SSSR count). The van der Waals surface area contributed by atoms with Crippen molar-refractivity contribution in [3.05, 3.63) is 58.1 Å². The maximum Gasteiger partial charge on any atom is 0.340 e. The van der Waals surface area contributed by atoms with Gasteiger partial charge in [0.25, 0.3) is 0 Å². The number of hydrogen-bond acceptors (Lipinski definition) is 3. The Bertz CT molecular complexity index is 623. The second kappa shape index (κ2) is 7.24. The van der Waals surface area contributed by atoms with Crippen molar-refractivity contribution in [2.45, 2.75) is 6.42 Å². The molecule has 0 fully saturated rings. The zero-order valence-electron chi connectivity index (χ0n) is 11.5. The summed E-state index contributed by atoms with van der Waals surface area (Å²) >= 11 is 3.23. The summed E-state index contributed by atoms with van der Waals surface area (Å²) in [5.41, 5.74) is 1.25. The summed E-state index contributed by atoms with van der Waals surface area (Å²) in [6, 6.07) is 12.5. The molecule has 0 bridgehead atoms. The number of rotatable bonds is 6. The first-order valence-corrected chi connectivity index (χ1v) is 7.18. The van der Waals surface area contributed by atoms with E-state index in [0.29, 0.717) is 22.6 Å². The Kier molecular flexibility index (Phi) is 5.36. The second-order valence-electron chi connectivity index (χ2n) is 4.41. The minimum absolute atomic E-state index is 0.112. The van der Waals surface area contributed by atoms with Crippen molar-refractivity contribution in [2.75, 3.05) is 13.7 Å². The van der Waals surface area contributed by atoms with Crippen molar-refractivity contribution < 1.29 is 19.4 Å². The van der Waals surface area contributed by atoms with Crippen molar-refractivity contribution in [1.82, 2.24) is 0 Å². The molecule has 0 heterocycles. The molecule has 0 saturated carbocycles. The van der Waals surface area contributed by atoms with Crippen LogP contribution in [0.25, 0.3) is 0 Å². The number of methoxy groups -OCH3 is 1. The molecule has 110 valence electrons. The molecule has 0 amide bonds. The Morgan fingerprint density at radius 3 is 2.52 bits per heavy atom. The number of halogens is 1. The monoisotopic (exact) mass is 350 g/mol. The van der Waals surface area contributed by atoms with Crippen molar-refractivity contribution in [3.8, 4) is 11.5 Å². The van der Waals surface area contributed by atoms with E-state index in [1.54, 1.807) is 25.3 Å². The fourth-order valence-corrected chi connectivity index (χ4v) is 2.39. The minimum Gasteiger partial charge on any atom is -0.478 e. The van der Waals surface area contributed by atoms with Crippen LogP contribution in [0.4, 0.5) is 0 Å². The third-order valence-corrected chi connectivity index (χ3v) is 3.60. The molecular formula is C16H15BrO4. The highest BCUT2D eigenvalue weighted by molar-refractivity contribution is 9.10. The van der Waals surface area contributed by atoms with Gasteiger partial charge in [0.05, 0.1) is 6.61 Å². The van der Waals surface area contributed by atoms with Crippen molar-refractivity contribution in [3.63, 3.8) is 0 Å². The Balaban J connectivity index is 2.19. The highest BCUT2D eigenvalue weighted by atomic mass is 79.9. The Labute approximate surface area is 131 Å². The van der Waals surface area contributed by atoms with Gasteiger partial charge in [0.1, 0.15) is 17.1 Å². The molecule has 0 radical (unpaired) electrons. The lowest BCUT2D eigenvalue weighted by atomic mass is 10.1. The van der Waals surface area contributed by atoms with E-state index < -0.39 is 5.97 Å². The number of benzene rings is 2. The molecule has 4 nitrogen and oxygen atoms in total. The summed E-state index contributed by atoms with van der Waals surface area (Å²) in [6.07, 6.45) is 0.827. The summed E-state index contributed by atoms with van der Waals surface area (Å²) in [6.45, 7) is 0.662. The first-order chi connectivity index (χ1) is 10.1. The Morgan fingerprint density at radius 1 is 1.19 bits per heavy atom. The van der Waals surface area contributed by atoms with Crippen molar-refractivity contribution in [1.29, 1.82) is 0 Å². The average Bonchev–Trinajstić information content (AvgIpc) is 2.46. The van der Waals surface area contributed by atoms with Crippen molar-refractivity contribution in [2.24, 2.45) is 0 Å². The Hall–Kier alpha value is -1.85. The number of hydrogen-bond donors (Lipinski definition) is 1. The Morgan fingerprint density at radius 2 is 1.90 bits per heavy atom. The topological polar surface area (TPSA) is 55.8 Å². The smallest absolute Gasteiger partial charge is 0.340 e. The van der Waals surface area contributed by atoms with Gasteiger partial charge in [0.2, 0.25) is 0 Å². The van der Waals surface area contributed by atoms with Gasteiger partial charge in [-0.3, -0.25) is 0 Å². The van der Waals surface area contributed by atoms with Crippen LogP contribution >= 0.6 is 15.9 Å². The summed E-state index contributed by atoms with van der Waals surface area (Å²) in [5.74, 6) is -0.132. The highest BCUT2D eigenvalue weighted by Crippen LogP contribution is 2.30. The van der Waals surface area contributed by atoms with Gasteiger partial charge < -0.3 is 14.6 Å². The van der Waals surface area contributed by atoms with E-state index in [0.717, 1.165) is 12.0 Å². The summed E-state index contributed by atoms with van der Waals surface area (Å²) < 4.78 is 11.2. The van der Waals surface area contributed by atoms with E-state index in [-0.39, 0.29) is 5.56 Å². The summed E-state index contributed by atoms with van der Waals surface area (Å²) in [7, 11) is 1.66. The van der Waals surface area contributed by atoms with Gasteiger partial charge in [-0.1, -0.05) is 18.2 Å². The molecule has 0 aliphatic carbocycles. The fraction of sp³-hybridized carbons (Fsp3) is 0.188. The van der Waals surface area contributed by atoms with E-state index in [4.69, 9.17) is 9.47 Å². The van der Waals surface area contributed by atoms with Gasteiger partial charge in [-0.25, -0.2) is 4.79 Å².